The van der Waals surface area contributed by atoms with Crippen LogP contribution in [-0.4, -0.2) is 0 Å². The van der Waals surface area contributed by atoms with E-state index in [2.05, 4.69) is 0 Å². The molecule has 2 aromatic rings. The van der Waals surface area contributed by atoms with Gasteiger partial charge in [-0.05, 0) is 30.3 Å². The molecule has 18 heavy (non-hydrogen) atoms. The summed E-state index contributed by atoms with van der Waals surface area (Å²) in [7, 11) is 0. The molecule has 0 aliphatic heterocycles. The summed E-state index contributed by atoms with van der Waals surface area (Å²) in [5.41, 5.74) is -1.34. The molecule has 0 aromatic heterocycles. The Hall–Kier alpha value is -2.04. The maximum atomic E-state index is 13.0. The highest BCUT2D eigenvalue weighted by molar-refractivity contribution is 5.35. The van der Waals surface area contributed by atoms with Crippen molar-refractivity contribution in [3.63, 3.8) is 0 Å². The van der Waals surface area contributed by atoms with Crippen molar-refractivity contribution in [1.29, 1.82) is 0 Å². The average molecular weight is 256 g/mol. The SMILES string of the molecule is Fc1ccc(Oc2ccccc2)cc1C(F)(F)F. The molecule has 0 radical (unpaired) electrons. The Kier molecular flexibility index (Phi) is 3.23. The van der Waals surface area contributed by atoms with Crippen molar-refractivity contribution in [2.75, 3.05) is 0 Å². The maximum Gasteiger partial charge on any atom is 0.419 e. The summed E-state index contributed by atoms with van der Waals surface area (Å²) in [5, 5.41) is 0. The molecule has 0 spiro atoms. The molecule has 0 amide bonds. The second-order valence-electron chi connectivity index (χ2n) is 3.55. The summed E-state index contributed by atoms with van der Waals surface area (Å²) in [4.78, 5) is 0. The maximum absolute atomic E-state index is 13.0. The lowest BCUT2D eigenvalue weighted by atomic mass is 10.2. The normalized spacial score (nSPS) is 11.3. The predicted octanol–water partition coefficient (Wildman–Crippen LogP) is 4.64. The first-order valence-corrected chi connectivity index (χ1v) is 5.06. The van der Waals surface area contributed by atoms with Crippen LogP contribution in [0.4, 0.5) is 17.6 Å². The van der Waals surface area contributed by atoms with Crippen molar-refractivity contribution in [3.05, 3.63) is 59.9 Å². The lowest BCUT2D eigenvalue weighted by Gasteiger charge is -2.10. The molecule has 1 nitrogen and oxygen atoms in total. The molecule has 0 N–H and O–H groups in total. The number of rotatable bonds is 2. The van der Waals surface area contributed by atoms with E-state index in [4.69, 9.17) is 4.74 Å². The molecule has 0 fully saturated rings. The number of para-hydroxylation sites is 1. The van der Waals surface area contributed by atoms with Gasteiger partial charge in [0.1, 0.15) is 17.3 Å². The van der Waals surface area contributed by atoms with Crippen molar-refractivity contribution in [3.8, 4) is 11.5 Å². The van der Waals surface area contributed by atoms with E-state index in [-0.39, 0.29) is 5.75 Å². The first-order valence-electron chi connectivity index (χ1n) is 5.06. The van der Waals surface area contributed by atoms with Crippen LogP contribution in [-0.2, 0) is 6.18 Å². The van der Waals surface area contributed by atoms with Gasteiger partial charge in [-0.25, -0.2) is 4.39 Å². The van der Waals surface area contributed by atoms with E-state index >= 15 is 0 Å². The Morgan fingerprint density at radius 1 is 0.833 bits per heavy atom. The summed E-state index contributed by atoms with van der Waals surface area (Å²) in [6.07, 6.45) is -4.74. The van der Waals surface area contributed by atoms with Gasteiger partial charge in [0.2, 0.25) is 0 Å². The minimum absolute atomic E-state index is 0.0603. The van der Waals surface area contributed by atoms with Gasteiger partial charge in [0.05, 0.1) is 5.56 Å². The highest BCUT2D eigenvalue weighted by Gasteiger charge is 2.34. The van der Waals surface area contributed by atoms with Gasteiger partial charge in [-0.15, -0.1) is 0 Å². The van der Waals surface area contributed by atoms with Crippen LogP contribution in [0.1, 0.15) is 5.56 Å². The van der Waals surface area contributed by atoms with Crippen LogP contribution < -0.4 is 4.74 Å². The minimum Gasteiger partial charge on any atom is -0.457 e. The fraction of sp³-hybridized carbons (Fsp3) is 0.0769. The standard InChI is InChI=1S/C13H8F4O/c14-12-7-6-10(8-11(12)13(15,16)17)18-9-4-2-1-3-5-9/h1-8H. The summed E-state index contributed by atoms with van der Waals surface area (Å²) in [5.74, 6) is -0.991. The molecule has 2 rings (SSSR count). The van der Waals surface area contributed by atoms with Crippen molar-refractivity contribution in [1.82, 2.24) is 0 Å². The fourth-order valence-corrected chi connectivity index (χ4v) is 1.41. The lowest BCUT2D eigenvalue weighted by Crippen LogP contribution is -2.08. The smallest absolute Gasteiger partial charge is 0.419 e. The van der Waals surface area contributed by atoms with E-state index in [1.54, 1.807) is 30.3 Å². The second kappa shape index (κ2) is 4.68. The van der Waals surface area contributed by atoms with E-state index in [9.17, 15) is 17.6 Å². The Morgan fingerprint density at radius 3 is 2.11 bits per heavy atom. The molecule has 94 valence electrons. The Morgan fingerprint density at radius 2 is 1.50 bits per heavy atom. The second-order valence-corrected chi connectivity index (χ2v) is 3.55. The van der Waals surface area contributed by atoms with Crippen LogP contribution in [0, 0.1) is 5.82 Å². The van der Waals surface area contributed by atoms with E-state index < -0.39 is 17.6 Å². The molecule has 0 saturated heterocycles. The van der Waals surface area contributed by atoms with Crippen LogP contribution in [0.15, 0.2) is 48.5 Å². The van der Waals surface area contributed by atoms with E-state index in [1.165, 1.54) is 0 Å². The molecule has 0 atom stereocenters. The largest absolute Gasteiger partial charge is 0.457 e. The summed E-state index contributed by atoms with van der Waals surface area (Å²) in [6, 6.07) is 10.8. The first kappa shape index (κ1) is 12.4. The van der Waals surface area contributed by atoms with E-state index in [1.807, 2.05) is 0 Å². The average Bonchev–Trinajstić information content (AvgIpc) is 2.31. The molecular weight excluding hydrogens is 248 g/mol. The summed E-state index contributed by atoms with van der Waals surface area (Å²) >= 11 is 0. The van der Waals surface area contributed by atoms with Crippen LogP contribution >= 0.6 is 0 Å². The van der Waals surface area contributed by atoms with Crippen LogP contribution in [0.3, 0.4) is 0 Å². The van der Waals surface area contributed by atoms with Crippen molar-refractivity contribution in [2.45, 2.75) is 6.18 Å². The Balaban J connectivity index is 2.31. The third kappa shape index (κ3) is 2.80. The van der Waals surface area contributed by atoms with Crippen molar-refractivity contribution in [2.24, 2.45) is 0 Å². The number of ether oxygens (including phenoxy) is 1. The fourth-order valence-electron chi connectivity index (χ4n) is 1.41. The highest BCUT2D eigenvalue weighted by Crippen LogP contribution is 2.34. The lowest BCUT2D eigenvalue weighted by molar-refractivity contribution is -0.140. The van der Waals surface area contributed by atoms with Gasteiger partial charge in [0.15, 0.2) is 0 Å². The van der Waals surface area contributed by atoms with Gasteiger partial charge in [0, 0.05) is 0 Å². The highest BCUT2D eigenvalue weighted by atomic mass is 19.4. The van der Waals surface area contributed by atoms with Gasteiger partial charge in [0.25, 0.3) is 0 Å². The summed E-state index contributed by atoms with van der Waals surface area (Å²) < 4.78 is 55.6. The minimum atomic E-state index is -4.74. The zero-order valence-corrected chi connectivity index (χ0v) is 9.04. The van der Waals surface area contributed by atoms with Gasteiger partial charge < -0.3 is 4.74 Å². The quantitative estimate of drug-likeness (QED) is 0.711. The predicted molar refractivity (Wildman–Crippen MR) is 57.9 cm³/mol. The number of alkyl halides is 3. The molecule has 0 unspecified atom stereocenters. The van der Waals surface area contributed by atoms with Gasteiger partial charge in [-0.1, -0.05) is 18.2 Å². The zero-order valence-electron chi connectivity index (χ0n) is 9.04. The number of benzene rings is 2. The first-order chi connectivity index (χ1) is 8.47. The molecule has 0 aliphatic rings. The number of halogens is 4. The third-order valence-corrected chi connectivity index (χ3v) is 2.22. The molecule has 5 heteroatoms. The topological polar surface area (TPSA) is 9.23 Å². The molecule has 0 heterocycles. The van der Waals surface area contributed by atoms with Crippen LogP contribution in [0.25, 0.3) is 0 Å². The molecule has 0 aliphatic carbocycles. The Bertz CT molecular complexity index is 534. The van der Waals surface area contributed by atoms with E-state index in [0.29, 0.717) is 11.8 Å². The molecular formula is C13H8F4O. The third-order valence-electron chi connectivity index (χ3n) is 2.22. The van der Waals surface area contributed by atoms with Crippen LogP contribution in [0.5, 0.6) is 11.5 Å². The Labute approximate surface area is 101 Å². The number of hydrogen-bond donors (Lipinski definition) is 0. The van der Waals surface area contributed by atoms with E-state index in [0.717, 1.165) is 12.1 Å². The monoisotopic (exact) mass is 256 g/mol. The molecule has 0 saturated carbocycles. The van der Waals surface area contributed by atoms with Gasteiger partial charge in [-0.2, -0.15) is 13.2 Å². The van der Waals surface area contributed by atoms with Gasteiger partial charge in [-0.3, -0.25) is 0 Å². The van der Waals surface area contributed by atoms with Gasteiger partial charge >= 0.3 is 6.18 Å². The van der Waals surface area contributed by atoms with Crippen molar-refractivity contribution >= 4 is 0 Å². The zero-order chi connectivity index (χ0) is 13.2. The number of hydrogen-bond acceptors (Lipinski definition) is 1. The van der Waals surface area contributed by atoms with Crippen LogP contribution in [0.2, 0.25) is 0 Å². The summed E-state index contributed by atoms with van der Waals surface area (Å²) in [6.45, 7) is 0. The van der Waals surface area contributed by atoms with Crippen molar-refractivity contribution < 1.29 is 22.3 Å². The molecule has 0 bridgehead atoms. The molecule has 2 aromatic carbocycles.